The van der Waals surface area contributed by atoms with E-state index in [2.05, 4.69) is 28.5 Å². The normalized spacial score (nSPS) is 26.4. The van der Waals surface area contributed by atoms with Gasteiger partial charge in [-0.25, -0.2) is 0 Å². The predicted octanol–water partition coefficient (Wildman–Crippen LogP) is 4.29. The maximum absolute atomic E-state index is 13.2. The molecule has 3 aliphatic rings. The topological polar surface area (TPSA) is 100 Å². The summed E-state index contributed by atoms with van der Waals surface area (Å²) < 4.78 is 11.0. The molecular weight excluding hydrogens is 542 g/mol. The molecule has 0 aromatic heterocycles. The Bertz CT molecular complexity index is 1140. The summed E-state index contributed by atoms with van der Waals surface area (Å²) in [5.41, 5.74) is 2.20. The van der Waals surface area contributed by atoms with Crippen LogP contribution in [-0.4, -0.2) is 80.7 Å². The number of carbonyl (C=O) groups is 2. The molecule has 8 nitrogen and oxygen atoms in total. The molecule has 0 saturated heterocycles. The summed E-state index contributed by atoms with van der Waals surface area (Å²) in [6, 6.07) is -0.114. The van der Waals surface area contributed by atoms with Crippen LogP contribution in [0.25, 0.3) is 0 Å². The zero-order valence-corrected chi connectivity index (χ0v) is 25.9. The van der Waals surface area contributed by atoms with Gasteiger partial charge in [-0.2, -0.15) is 0 Å². The van der Waals surface area contributed by atoms with Gasteiger partial charge in [-0.05, 0) is 57.8 Å². The van der Waals surface area contributed by atoms with Crippen molar-refractivity contribution >= 4 is 23.4 Å². The first kappa shape index (κ1) is 32.7. The molecule has 0 spiro atoms. The summed E-state index contributed by atoms with van der Waals surface area (Å²) in [6.07, 6.45) is 15.8. The van der Waals surface area contributed by atoms with Gasteiger partial charge in [0.05, 0.1) is 37.6 Å². The number of nitrogens with zero attached hydrogens (tertiary/aromatic N) is 1. The molecule has 3 N–H and O–H groups in total. The van der Waals surface area contributed by atoms with Gasteiger partial charge in [-0.15, -0.1) is 11.6 Å². The van der Waals surface area contributed by atoms with Gasteiger partial charge in [0.2, 0.25) is 5.91 Å². The number of amides is 2. The van der Waals surface area contributed by atoms with Crippen molar-refractivity contribution in [2.45, 2.75) is 63.5 Å². The first-order valence-corrected chi connectivity index (χ1v) is 14.9. The van der Waals surface area contributed by atoms with Crippen molar-refractivity contribution in [2.75, 3.05) is 47.3 Å². The number of hydrogen-bond donors (Lipinski definition) is 3. The lowest BCUT2D eigenvalue weighted by atomic mass is 9.69. The van der Waals surface area contributed by atoms with Crippen molar-refractivity contribution in [2.24, 2.45) is 5.92 Å². The van der Waals surface area contributed by atoms with Gasteiger partial charge in [-0.3, -0.25) is 9.59 Å². The summed E-state index contributed by atoms with van der Waals surface area (Å²) in [5.74, 6) is 1.18. The summed E-state index contributed by atoms with van der Waals surface area (Å²) >= 11 is 5.98. The Hall–Kier alpha value is -2.81. The van der Waals surface area contributed by atoms with Crippen LogP contribution in [0.4, 0.5) is 0 Å². The first-order valence-electron chi connectivity index (χ1n) is 14.4. The third kappa shape index (κ3) is 8.60. The Morgan fingerprint density at radius 2 is 2.10 bits per heavy atom. The van der Waals surface area contributed by atoms with Crippen molar-refractivity contribution in [1.29, 1.82) is 0 Å². The third-order valence-corrected chi connectivity index (χ3v) is 8.47. The standard InChI is InChI=1S/C32H46ClN3O5/c1-6-22(19-33)9-7-10-23-20-34-31(38)28(30(23)41-5)18-29(37)35-26-15-16-32(39,25(17-26)21-36(2)3)24-11-8-12-27(40-4)14-13-24/h8-13,25-26,39H,6-7,14-21H2,1-5H3,(H,34,38)(H,35,37)/b22-9+,23-10+. The van der Waals surface area contributed by atoms with E-state index in [4.69, 9.17) is 21.1 Å². The van der Waals surface area contributed by atoms with Crippen LogP contribution in [0, 0.1) is 5.92 Å². The van der Waals surface area contributed by atoms with Crippen molar-refractivity contribution in [3.05, 3.63) is 70.3 Å². The van der Waals surface area contributed by atoms with Crippen LogP contribution in [0.5, 0.6) is 0 Å². The molecule has 1 saturated carbocycles. The van der Waals surface area contributed by atoms with Crippen molar-refractivity contribution in [3.63, 3.8) is 0 Å². The number of nitrogens with one attached hydrogen (secondary N) is 2. The number of alkyl halides is 1. The molecule has 9 heteroatoms. The average Bonchev–Trinajstić information content (AvgIpc) is 3.21. The van der Waals surface area contributed by atoms with Crippen LogP contribution in [0.1, 0.15) is 51.9 Å². The van der Waals surface area contributed by atoms with Gasteiger partial charge in [0.25, 0.3) is 5.91 Å². The largest absolute Gasteiger partial charge is 0.501 e. The Morgan fingerprint density at radius 3 is 2.76 bits per heavy atom. The van der Waals surface area contributed by atoms with E-state index in [1.807, 2.05) is 44.5 Å². The molecule has 1 heterocycles. The monoisotopic (exact) mass is 587 g/mol. The fraction of sp³-hybridized carbons (Fsp3) is 0.562. The van der Waals surface area contributed by atoms with Crippen LogP contribution in [0.2, 0.25) is 0 Å². The number of ether oxygens (including phenoxy) is 2. The number of hydrogen-bond acceptors (Lipinski definition) is 6. The SMILES string of the molecule is CC/C(=C\C/C=C1\CNC(=O)C(CC(=O)NC2CCC(O)(C3=CCC(OC)=CC=C3)C(CN(C)C)C2)=C1OC)CCl. The van der Waals surface area contributed by atoms with E-state index in [0.717, 1.165) is 28.9 Å². The molecule has 0 bridgehead atoms. The highest BCUT2D eigenvalue weighted by Gasteiger charge is 2.44. The number of rotatable bonds is 12. The minimum absolute atomic E-state index is 0.0808. The average molecular weight is 588 g/mol. The van der Waals surface area contributed by atoms with E-state index in [9.17, 15) is 14.7 Å². The fourth-order valence-corrected chi connectivity index (χ4v) is 6.15. The second-order valence-corrected chi connectivity index (χ2v) is 11.4. The van der Waals surface area contributed by atoms with E-state index in [-0.39, 0.29) is 30.2 Å². The highest BCUT2D eigenvalue weighted by atomic mass is 35.5. The molecule has 226 valence electrons. The van der Waals surface area contributed by atoms with Crippen LogP contribution in [-0.2, 0) is 19.1 Å². The van der Waals surface area contributed by atoms with Crippen LogP contribution in [0.15, 0.2) is 70.3 Å². The number of halogens is 1. The Kier molecular flexibility index (Phi) is 12.3. The number of aliphatic hydroxyl groups is 1. The molecule has 3 atom stereocenters. The maximum atomic E-state index is 13.2. The molecule has 1 aliphatic heterocycles. The second kappa shape index (κ2) is 15.4. The zero-order chi connectivity index (χ0) is 30.0. The number of carbonyl (C=O) groups excluding carboxylic acids is 2. The van der Waals surface area contributed by atoms with Gasteiger partial charge >= 0.3 is 0 Å². The summed E-state index contributed by atoms with van der Waals surface area (Å²) in [4.78, 5) is 28.1. The molecule has 0 radical (unpaired) electrons. The van der Waals surface area contributed by atoms with E-state index in [1.165, 1.54) is 7.11 Å². The van der Waals surface area contributed by atoms with Gasteiger partial charge in [-0.1, -0.05) is 42.9 Å². The van der Waals surface area contributed by atoms with Crippen molar-refractivity contribution in [1.82, 2.24) is 15.5 Å². The molecular formula is C32H46ClN3O5. The van der Waals surface area contributed by atoms with Crippen LogP contribution in [0.3, 0.4) is 0 Å². The van der Waals surface area contributed by atoms with Gasteiger partial charge in [0.1, 0.15) is 5.76 Å². The highest BCUT2D eigenvalue weighted by molar-refractivity contribution is 6.19. The molecule has 3 unspecified atom stereocenters. The van der Waals surface area contributed by atoms with Crippen LogP contribution < -0.4 is 10.6 Å². The molecule has 3 rings (SSSR count). The zero-order valence-electron chi connectivity index (χ0n) is 25.1. The minimum Gasteiger partial charge on any atom is -0.501 e. The van der Waals surface area contributed by atoms with Crippen molar-refractivity contribution < 1.29 is 24.2 Å². The molecule has 2 aliphatic carbocycles. The molecule has 0 aromatic carbocycles. The van der Waals surface area contributed by atoms with E-state index < -0.39 is 5.60 Å². The third-order valence-electron chi connectivity index (χ3n) is 8.13. The predicted molar refractivity (Wildman–Crippen MR) is 163 cm³/mol. The van der Waals surface area contributed by atoms with Gasteiger partial charge in [0.15, 0.2) is 0 Å². The molecule has 1 fully saturated rings. The van der Waals surface area contributed by atoms with E-state index in [1.54, 1.807) is 7.11 Å². The summed E-state index contributed by atoms with van der Waals surface area (Å²) in [5, 5.41) is 18.0. The van der Waals surface area contributed by atoms with Crippen molar-refractivity contribution in [3.8, 4) is 0 Å². The Labute approximate surface area is 249 Å². The summed E-state index contributed by atoms with van der Waals surface area (Å²) in [6.45, 7) is 3.09. The Morgan fingerprint density at radius 1 is 1.32 bits per heavy atom. The van der Waals surface area contributed by atoms with Gasteiger partial charge < -0.3 is 30.1 Å². The summed E-state index contributed by atoms with van der Waals surface area (Å²) in [7, 11) is 7.16. The smallest absolute Gasteiger partial charge is 0.251 e. The first-order chi connectivity index (χ1) is 19.6. The fourth-order valence-electron chi connectivity index (χ4n) is 5.85. The minimum atomic E-state index is -1.01. The highest BCUT2D eigenvalue weighted by Crippen LogP contribution is 2.41. The number of allylic oxidation sites excluding steroid dienone is 6. The second-order valence-electron chi connectivity index (χ2n) is 11.2. The maximum Gasteiger partial charge on any atom is 0.251 e. The van der Waals surface area contributed by atoms with Crippen LogP contribution >= 0.6 is 11.6 Å². The molecule has 41 heavy (non-hydrogen) atoms. The van der Waals surface area contributed by atoms with E-state index >= 15 is 0 Å². The Balaban J connectivity index is 1.73. The van der Waals surface area contributed by atoms with Gasteiger partial charge in [0, 0.05) is 42.9 Å². The lowest BCUT2D eigenvalue weighted by molar-refractivity contribution is -0.124. The number of methoxy groups -OCH3 is 2. The molecule has 0 aromatic rings. The quantitative estimate of drug-likeness (QED) is 0.233. The lowest BCUT2D eigenvalue weighted by Gasteiger charge is -2.45. The lowest BCUT2D eigenvalue weighted by Crippen LogP contribution is -2.53. The molecule has 2 amide bonds. The van der Waals surface area contributed by atoms with E-state index in [0.29, 0.717) is 62.4 Å².